The third-order valence-electron chi connectivity index (χ3n) is 2.06. The van der Waals surface area contributed by atoms with E-state index in [1.165, 1.54) is 4.90 Å². The van der Waals surface area contributed by atoms with Crippen molar-refractivity contribution >= 4 is 6.29 Å². The summed E-state index contributed by atoms with van der Waals surface area (Å²) in [6.45, 7) is 3.40. The van der Waals surface area contributed by atoms with Gasteiger partial charge in [0, 0.05) is 5.56 Å². The van der Waals surface area contributed by atoms with Crippen molar-refractivity contribution in [1.82, 2.24) is 0 Å². The lowest BCUT2D eigenvalue weighted by Gasteiger charge is -2.10. The van der Waals surface area contributed by atoms with E-state index >= 15 is 0 Å². The average molecular weight is 208 g/mol. The Labute approximate surface area is 90.7 Å². The molecule has 3 nitrogen and oxygen atoms in total. The first kappa shape index (κ1) is 11.7. The molecule has 82 valence electrons. The fourth-order valence-corrected chi connectivity index (χ4v) is 1.50. The van der Waals surface area contributed by atoms with Crippen LogP contribution in [0.2, 0.25) is 0 Å². The Morgan fingerprint density at radius 2 is 2.13 bits per heavy atom. The Balaban J connectivity index is 2.91. The number of aldehydes is 1. The summed E-state index contributed by atoms with van der Waals surface area (Å²) >= 11 is 0. The number of ether oxygens (including phenoxy) is 1. The fourth-order valence-electron chi connectivity index (χ4n) is 1.50. The van der Waals surface area contributed by atoms with Crippen LogP contribution in [0, 0.1) is 0 Å². The number of quaternary nitrogens is 1. The predicted molar refractivity (Wildman–Crippen MR) is 59.5 cm³/mol. The first-order valence-corrected chi connectivity index (χ1v) is 5.17. The molecule has 0 aliphatic rings. The van der Waals surface area contributed by atoms with Gasteiger partial charge in [0.15, 0.2) is 6.29 Å². The van der Waals surface area contributed by atoms with Gasteiger partial charge in [-0.15, -0.1) is 0 Å². The van der Waals surface area contributed by atoms with E-state index in [4.69, 9.17) is 4.74 Å². The maximum atomic E-state index is 10.9. The van der Waals surface area contributed by atoms with E-state index in [-0.39, 0.29) is 0 Å². The molecule has 0 bridgehead atoms. The van der Waals surface area contributed by atoms with Crippen molar-refractivity contribution in [3.8, 4) is 5.75 Å². The quantitative estimate of drug-likeness (QED) is 0.716. The topological polar surface area (TPSA) is 30.7 Å². The highest BCUT2D eigenvalue weighted by atomic mass is 16.5. The summed E-state index contributed by atoms with van der Waals surface area (Å²) in [5.74, 6) is 0.671. The van der Waals surface area contributed by atoms with Gasteiger partial charge in [0.2, 0.25) is 0 Å². The summed E-state index contributed by atoms with van der Waals surface area (Å²) in [5.41, 5.74) is 1.79. The van der Waals surface area contributed by atoms with E-state index in [0.717, 1.165) is 18.4 Å². The molecule has 1 N–H and O–H groups in total. The third-order valence-corrected chi connectivity index (χ3v) is 2.06. The zero-order valence-electron chi connectivity index (χ0n) is 9.54. The molecule has 0 fully saturated rings. The number of carbonyl (C=O) groups excluding carboxylic acids is 1. The van der Waals surface area contributed by atoms with Crippen molar-refractivity contribution < 1.29 is 14.4 Å². The van der Waals surface area contributed by atoms with Gasteiger partial charge < -0.3 is 9.64 Å². The van der Waals surface area contributed by atoms with E-state index in [1.807, 2.05) is 25.1 Å². The fraction of sp³-hybridized carbons (Fsp3) is 0.417. The van der Waals surface area contributed by atoms with E-state index < -0.39 is 0 Å². The summed E-state index contributed by atoms with van der Waals surface area (Å²) in [4.78, 5) is 12.2. The zero-order chi connectivity index (χ0) is 11.3. The molecule has 0 saturated carbocycles. The number of hydrogen-bond acceptors (Lipinski definition) is 2. The number of nitrogens with one attached hydrogen (secondary N) is 1. The highest BCUT2D eigenvalue weighted by Crippen LogP contribution is 2.18. The predicted octanol–water partition coefficient (Wildman–Crippen LogP) is 0.542. The molecule has 0 aliphatic carbocycles. The van der Waals surface area contributed by atoms with Crippen LogP contribution >= 0.6 is 0 Å². The van der Waals surface area contributed by atoms with Crippen molar-refractivity contribution in [2.45, 2.75) is 13.5 Å². The summed E-state index contributed by atoms with van der Waals surface area (Å²) in [7, 11) is 4.16. The highest BCUT2D eigenvalue weighted by Gasteiger charge is 2.05. The summed E-state index contributed by atoms with van der Waals surface area (Å²) in [5, 5.41) is 0. The molecule has 0 unspecified atom stereocenters. The number of hydrogen-bond donors (Lipinski definition) is 1. The van der Waals surface area contributed by atoms with Crippen LogP contribution < -0.4 is 9.64 Å². The van der Waals surface area contributed by atoms with Crippen LogP contribution in [0.4, 0.5) is 0 Å². The number of carbonyl (C=O) groups is 1. The van der Waals surface area contributed by atoms with Crippen molar-refractivity contribution in [3.63, 3.8) is 0 Å². The zero-order valence-corrected chi connectivity index (χ0v) is 9.54. The molecule has 0 heterocycles. The Morgan fingerprint density at radius 1 is 1.40 bits per heavy atom. The van der Waals surface area contributed by atoms with Crippen molar-refractivity contribution in [3.05, 3.63) is 29.3 Å². The van der Waals surface area contributed by atoms with Crippen LogP contribution in [-0.2, 0) is 6.54 Å². The lowest BCUT2D eigenvalue weighted by molar-refractivity contribution is -0.872. The Bertz CT molecular complexity index is 334. The third kappa shape index (κ3) is 3.36. The maximum absolute atomic E-state index is 10.9. The summed E-state index contributed by atoms with van der Waals surface area (Å²) < 4.78 is 5.35. The van der Waals surface area contributed by atoms with Crippen molar-refractivity contribution in [2.75, 3.05) is 20.7 Å². The molecule has 1 aromatic rings. The van der Waals surface area contributed by atoms with E-state index in [9.17, 15) is 4.79 Å². The van der Waals surface area contributed by atoms with Crippen LogP contribution in [0.15, 0.2) is 18.2 Å². The second kappa shape index (κ2) is 5.51. The summed E-state index contributed by atoms with van der Waals surface area (Å²) in [6, 6.07) is 5.77. The second-order valence-electron chi connectivity index (χ2n) is 3.81. The molecule has 0 aliphatic heterocycles. The first-order chi connectivity index (χ1) is 7.17. The Hall–Kier alpha value is -1.35. The van der Waals surface area contributed by atoms with Crippen LogP contribution in [0.5, 0.6) is 5.75 Å². The lowest BCUT2D eigenvalue weighted by atomic mass is 10.1. The van der Waals surface area contributed by atoms with Crippen LogP contribution in [0.1, 0.15) is 22.8 Å². The lowest BCUT2D eigenvalue weighted by Crippen LogP contribution is -3.04. The van der Waals surface area contributed by atoms with Crippen LogP contribution in [-0.4, -0.2) is 27.0 Å². The molecule has 0 radical (unpaired) electrons. The minimum absolute atomic E-state index is 0.582. The van der Waals surface area contributed by atoms with Crippen molar-refractivity contribution in [2.24, 2.45) is 0 Å². The van der Waals surface area contributed by atoms with Crippen LogP contribution in [0.3, 0.4) is 0 Å². The molecule has 0 saturated heterocycles. The Morgan fingerprint density at radius 3 is 2.67 bits per heavy atom. The molecular weight excluding hydrogens is 190 g/mol. The normalized spacial score (nSPS) is 10.4. The second-order valence-corrected chi connectivity index (χ2v) is 3.81. The molecule has 1 aromatic carbocycles. The minimum atomic E-state index is 0.582. The molecule has 3 heteroatoms. The van der Waals surface area contributed by atoms with Gasteiger partial charge in [0.1, 0.15) is 12.3 Å². The van der Waals surface area contributed by atoms with Gasteiger partial charge in [0.25, 0.3) is 0 Å². The molecule has 0 spiro atoms. The molecule has 0 amide bonds. The van der Waals surface area contributed by atoms with E-state index in [1.54, 1.807) is 0 Å². The smallest absolute Gasteiger partial charge is 0.153 e. The number of rotatable bonds is 5. The van der Waals surface area contributed by atoms with Crippen molar-refractivity contribution in [1.29, 1.82) is 0 Å². The van der Waals surface area contributed by atoms with Gasteiger partial charge in [-0.25, -0.2) is 0 Å². The van der Waals surface area contributed by atoms with Gasteiger partial charge in [-0.2, -0.15) is 0 Å². The minimum Gasteiger partial charge on any atom is -0.493 e. The SMILES string of the molecule is CCOc1ccc(C[NH+](C)C)cc1C=O. The molecule has 1 rings (SSSR count). The molecular formula is C12H18NO2+. The van der Waals surface area contributed by atoms with E-state index in [0.29, 0.717) is 17.9 Å². The summed E-state index contributed by atoms with van der Waals surface area (Å²) in [6.07, 6.45) is 0.847. The molecule has 0 atom stereocenters. The van der Waals surface area contributed by atoms with Gasteiger partial charge in [-0.3, -0.25) is 4.79 Å². The Kier molecular flexibility index (Phi) is 4.31. The monoisotopic (exact) mass is 208 g/mol. The number of benzene rings is 1. The maximum Gasteiger partial charge on any atom is 0.153 e. The van der Waals surface area contributed by atoms with Gasteiger partial charge in [0.05, 0.1) is 26.3 Å². The van der Waals surface area contributed by atoms with Gasteiger partial charge >= 0.3 is 0 Å². The largest absolute Gasteiger partial charge is 0.493 e. The highest BCUT2D eigenvalue weighted by molar-refractivity contribution is 5.79. The molecule has 0 aromatic heterocycles. The van der Waals surface area contributed by atoms with Gasteiger partial charge in [-0.1, -0.05) is 0 Å². The van der Waals surface area contributed by atoms with E-state index in [2.05, 4.69) is 14.1 Å². The average Bonchev–Trinajstić information content (AvgIpc) is 2.20. The standard InChI is InChI=1S/C12H17NO2/c1-4-15-12-6-5-10(8-13(2)3)7-11(12)9-14/h5-7,9H,4,8H2,1-3H3/p+1. The van der Waals surface area contributed by atoms with Gasteiger partial charge in [-0.05, 0) is 25.1 Å². The van der Waals surface area contributed by atoms with Crippen LogP contribution in [0.25, 0.3) is 0 Å². The first-order valence-electron chi connectivity index (χ1n) is 5.17. The molecule has 15 heavy (non-hydrogen) atoms.